The summed E-state index contributed by atoms with van der Waals surface area (Å²) >= 11 is 1.26. The first-order chi connectivity index (χ1) is 32.5. The molecular formula is C48H52N8O9S3. The van der Waals surface area contributed by atoms with Gasteiger partial charge in [-0.25, -0.2) is 26.6 Å². The maximum Gasteiger partial charge on any atom is 0.410 e. The summed E-state index contributed by atoms with van der Waals surface area (Å²) in [4.78, 5) is 19.6. The lowest BCUT2D eigenvalue weighted by molar-refractivity contribution is 0.0217. The molecule has 0 unspecified atom stereocenters. The van der Waals surface area contributed by atoms with Crippen LogP contribution < -0.4 is 19.9 Å². The molecule has 1 aliphatic heterocycles. The van der Waals surface area contributed by atoms with Crippen molar-refractivity contribution in [2.24, 2.45) is 0 Å². The number of hydrogen-bond donors (Lipinski definition) is 1. The zero-order valence-corrected chi connectivity index (χ0v) is 40.9. The third-order valence-corrected chi connectivity index (χ3v) is 16.6. The van der Waals surface area contributed by atoms with E-state index in [0.717, 1.165) is 10.3 Å². The Morgan fingerprint density at radius 1 is 0.765 bits per heavy atom. The van der Waals surface area contributed by atoms with Gasteiger partial charge < -0.3 is 29.6 Å². The number of nitrogen functional groups attached to an aromatic ring is 1. The van der Waals surface area contributed by atoms with Gasteiger partial charge in [0.25, 0.3) is 0 Å². The van der Waals surface area contributed by atoms with Gasteiger partial charge in [-0.15, -0.1) is 10.2 Å². The van der Waals surface area contributed by atoms with Crippen LogP contribution in [0.15, 0.2) is 113 Å². The smallest absolute Gasteiger partial charge is 0.410 e. The number of thiazole rings is 1. The van der Waals surface area contributed by atoms with Crippen LogP contribution in [0, 0.1) is 0 Å². The number of nitrogens with two attached hydrogens (primary N) is 1. The van der Waals surface area contributed by atoms with E-state index >= 15 is 16.8 Å². The maximum atomic E-state index is 16.2. The van der Waals surface area contributed by atoms with Crippen LogP contribution >= 0.6 is 11.3 Å². The summed E-state index contributed by atoms with van der Waals surface area (Å²) in [5.74, 6) is 1.65. The van der Waals surface area contributed by atoms with Crippen molar-refractivity contribution in [2.45, 2.75) is 73.9 Å². The molecule has 1 aliphatic rings. The predicted molar refractivity (Wildman–Crippen MR) is 259 cm³/mol. The second-order valence-corrected chi connectivity index (χ2v) is 22.3. The molecule has 1 saturated heterocycles. The molecule has 2 N–H and O–H groups in total. The molecule has 356 valence electrons. The van der Waals surface area contributed by atoms with Gasteiger partial charge in [-0.1, -0.05) is 65.9 Å². The zero-order chi connectivity index (χ0) is 48.4. The number of rotatable bonds is 15. The van der Waals surface area contributed by atoms with Gasteiger partial charge in [-0.05, 0) is 110 Å². The summed E-state index contributed by atoms with van der Waals surface area (Å²) in [6.45, 7) is 5.21. The monoisotopic (exact) mass is 980 g/mol. The molecule has 2 aromatic heterocycles. The average molecular weight is 981 g/mol. The normalized spacial score (nSPS) is 13.8. The molecule has 0 bridgehead atoms. The van der Waals surface area contributed by atoms with Crippen LogP contribution in [0.3, 0.4) is 0 Å². The largest absolute Gasteiger partial charge is 0.497 e. The van der Waals surface area contributed by atoms with Crippen molar-refractivity contribution in [1.82, 2.24) is 34.4 Å². The number of hydrogen-bond acceptors (Lipinski definition) is 15. The number of carbonyl (C=O) groups is 1. The first-order valence-corrected chi connectivity index (χ1v) is 25.5. The number of anilines is 1. The van der Waals surface area contributed by atoms with Gasteiger partial charge in [0.1, 0.15) is 27.7 Å². The van der Waals surface area contributed by atoms with Crippen molar-refractivity contribution in [3.05, 3.63) is 120 Å². The van der Waals surface area contributed by atoms with E-state index in [2.05, 4.69) is 15.3 Å². The number of nitrogens with zero attached hydrogens (tertiary/aromatic N) is 7. The minimum Gasteiger partial charge on any atom is -0.497 e. The Hall–Kier alpha value is -6.61. The number of benzene rings is 5. The number of methoxy groups -OCH3 is 3. The lowest BCUT2D eigenvalue weighted by Crippen LogP contribution is -2.44. The number of likely N-dealkylation sites (tertiary alicyclic amines) is 1. The Morgan fingerprint density at radius 2 is 1.32 bits per heavy atom. The highest BCUT2D eigenvalue weighted by atomic mass is 32.2. The number of sulfone groups is 1. The molecule has 1 amide bonds. The third kappa shape index (κ3) is 10.3. The van der Waals surface area contributed by atoms with E-state index < -0.39 is 46.6 Å². The van der Waals surface area contributed by atoms with Crippen molar-refractivity contribution < 1.29 is 40.6 Å². The minimum atomic E-state index is -4.91. The number of amides is 1. The standard InChI is InChI=1S/C48H52N8O9S3/c1-48(2,3)65-47(57)54-26-24-37(25-27-54)67(58,59)41-23-22-38(39-8-7-9-40-43(39)50-46(49)66-40)42(45-51-53-56(52-45)30-33-14-20-36(64-6)21-15-33)44(41)68(60,61)55(28-31-10-16-34(62-4)17-11-31)29-32-12-18-35(63-5)19-13-32/h7-23,37H,24-30H2,1-6H3,(H2,49,50). The Labute approximate surface area is 399 Å². The van der Waals surface area contributed by atoms with Crippen molar-refractivity contribution >= 4 is 52.6 Å². The summed E-state index contributed by atoms with van der Waals surface area (Å²) in [7, 11) is -4.78. The number of tetrazole rings is 1. The van der Waals surface area contributed by atoms with E-state index in [0.29, 0.717) is 39.5 Å². The quantitative estimate of drug-likeness (QED) is 0.104. The fourth-order valence-electron chi connectivity index (χ4n) is 8.06. The lowest BCUT2D eigenvalue weighted by atomic mass is 9.98. The molecule has 3 heterocycles. The number of piperidine rings is 1. The van der Waals surface area contributed by atoms with Gasteiger partial charge in [-0.3, -0.25) is 0 Å². The molecule has 20 heteroatoms. The predicted octanol–water partition coefficient (Wildman–Crippen LogP) is 7.84. The molecule has 0 atom stereocenters. The van der Waals surface area contributed by atoms with E-state index in [9.17, 15) is 4.79 Å². The van der Waals surface area contributed by atoms with E-state index in [1.54, 1.807) is 107 Å². The first kappa shape index (κ1) is 47.9. The molecular weight excluding hydrogens is 929 g/mol. The minimum absolute atomic E-state index is 0.0211. The highest BCUT2D eigenvalue weighted by molar-refractivity contribution is 7.94. The highest BCUT2D eigenvalue weighted by Crippen LogP contribution is 2.45. The van der Waals surface area contributed by atoms with Crippen molar-refractivity contribution in [2.75, 3.05) is 40.2 Å². The average Bonchev–Trinajstić information content (AvgIpc) is 3.96. The van der Waals surface area contributed by atoms with Gasteiger partial charge >= 0.3 is 6.09 Å². The van der Waals surface area contributed by atoms with E-state index in [1.165, 1.54) is 45.6 Å². The topological polar surface area (TPSA) is 211 Å². The fourth-order valence-corrected chi connectivity index (χ4v) is 13.0. The second kappa shape index (κ2) is 19.5. The molecule has 68 heavy (non-hydrogen) atoms. The number of sulfonamides is 1. The lowest BCUT2D eigenvalue weighted by Gasteiger charge is -2.33. The Kier molecular flexibility index (Phi) is 13.8. The molecule has 1 fully saturated rings. The van der Waals surface area contributed by atoms with Gasteiger partial charge in [0.05, 0.1) is 53.8 Å². The third-order valence-electron chi connectivity index (χ3n) is 11.5. The van der Waals surface area contributed by atoms with Crippen LogP contribution in [0.2, 0.25) is 0 Å². The van der Waals surface area contributed by atoms with Crippen LogP contribution in [-0.4, -0.2) is 103 Å². The van der Waals surface area contributed by atoms with E-state index in [4.69, 9.17) is 29.8 Å². The summed E-state index contributed by atoms with van der Waals surface area (Å²) in [6.07, 6.45) is -0.517. The zero-order valence-electron chi connectivity index (χ0n) is 38.4. The summed E-state index contributed by atoms with van der Waals surface area (Å²) in [5.41, 5.74) is 8.64. The number of aromatic nitrogens is 5. The van der Waals surface area contributed by atoms with Crippen LogP contribution in [0.25, 0.3) is 32.7 Å². The molecule has 7 aromatic rings. The molecule has 0 aliphatic carbocycles. The number of ether oxygens (including phenoxy) is 4. The van der Waals surface area contributed by atoms with Crippen LogP contribution in [0.4, 0.5) is 9.93 Å². The number of fused-ring (bicyclic) bond motifs is 1. The van der Waals surface area contributed by atoms with Crippen molar-refractivity contribution in [1.29, 1.82) is 0 Å². The highest BCUT2D eigenvalue weighted by Gasteiger charge is 2.42. The molecule has 17 nitrogen and oxygen atoms in total. The molecule has 0 spiro atoms. The molecule has 0 radical (unpaired) electrons. The van der Waals surface area contributed by atoms with Crippen LogP contribution in [0.5, 0.6) is 17.2 Å². The molecule has 8 rings (SSSR count). The van der Waals surface area contributed by atoms with Crippen LogP contribution in [-0.2, 0) is 44.2 Å². The van der Waals surface area contributed by atoms with Gasteiger partial charge in [0, 0.05) is 31.7 Å². The number of carbonyl (C=O) groups excluding carboxylic acids is 1. The molecule has 0 saturated carbocycles. The van der Waals surface area contributed by atoms with E-state index in [1.807, 2.05) is 18.2 Å². The Balaban J connectivity index is 1.36. The van der Waals surface area contributed by atoms with Gasteiger partial charge in [0.2, 0.25) is 15.8 Å². The first-order valence-electron chi connectivity index (χ1n) is 21.7. The number of para-hydroxylation sites is 1. The van der Waals surface area contributed by atoms with Gasteiger partial charge in [-0.2, -0.15) is 9.10 Å². The maximum absolute atomic E-state index is 16.2. The summed E-state index contributed by atoms with van der Waals surface area (Å²) < 4.78 is 87.0. The molecule has 5 aromatic carbocycles. The summed E-state index contributed by atoms with van der Waals surface area (Å²) in [6, 6.07) is 29.5. The fraction of sp³-hybridized carbons (Fsp3) is 0.312. The Morgan fingerprint density at radius 3 is 1.87 bits per heavy atom. The van der Waals surface area contributed by atoms with Crippen molar-refractivity contribution in [3.63, 3.8) is 0 Å². The SMILES string of the molecule is COc1ccc(CN(Cc2ccc(OC)cc2)S(=O)(=O)c2c(S(=O)(=O)C3CCN(C(=O)OC(C)(C)C)CC3)ccc(-c3cccc4sc(N)nc34)c2-c2nnn(Cc3ccc(OC)cc3)n2)cc1. The van der Waals surface area contributed by atoms with Crippen molar-refractivity contribution in [3.8, 4) is 39.8 Å². The van der Waals surface area contributed by atoms with E-state index in [-0.39, 0.29) is 67.6 Å². The van der Waals surface area contributed by atoms with Gasteiger partial charge in [0.15, 0.2) is 15.0 Å². The van der Waals surface area contributed by atoms with Crippen LogP contribution in [0.1, 0.15) is 50.3 Å². The summed E-state index contributed by atoms with van der Waals surface area (Å²) in [5, 5.41) is 12.8. The Bertz CT molecular complexity index is 3100. The second-order valence-electron chi connectivity index (χ2n) is 17.2.